The number of rotatable bonds is 1. The summed E-state index contributed by atoms with van der Waals surface area (Å²) < 4.78 is 0. The Morgan fingerprint density at radius 1 is 0.944 bits per heavy atom. The van der Waals surface area contributed by atoms with Crippen LogP contribution in [0.3, 0.4) is 0 Å². The Kier molecular flexibility index (Phi) is 2.39. The molecule has 1 heteroatoms. The lowest BCUT2D eigenvalue weighted by atomic mass is 9.57. The van der Waals surface area contributed by atoms with Crippen LogP contribution in [0.1, 0.15) is 31.4 Å². The lowest BCUT2D eigenvalue weighted by molar-refractivity contribution is 0.0782. The first-order valence-electron chi connectivity index (χ1n) is 7.23. The molecule has 2 atom stereocenters. The predicted octanol–water partition coefficient (Wildman–Crippen LogP) is 4.09. The largest absolute Gasteiger partial charge is 0.256 e. The van der Waals surface area contributed by atoms with E-state index in [9.17, 15) is 0 Å². The number of fused-ring (bicyclic) bond motifs is 2. The van der Waals surface area contributed by atoms with Gasteiger partial charge in [-0.05, 0) is 67.1 Å². The highest BCUT2D eigenvalue weighted by Gasteiger charge is 2.42. The molecule has 2 unspecified atom stereocenters. The lowest BCUT2D eigenvalue weighted by Crippen LogP contribution is -2.39. The summed E-state index contributed by atoms with van der Waals surface area (Å²) in [7, 11) is 0. The first-order chi connectivity index (χ1) is 8.92. The van der Waals surface area contributed by atoms with E-state index in [4.69, 9.17) is 0 Å². The van der Waals surface area contributed by atoms with Gasteiger partial charge in [0.1, 0.15) is 0 Å². The number of pyridine rings is 1. The molecular weight excluding hydrogens is 218 g/mol. The van der Waals surface area contributed by atoms with Crippen molar-refractivity contribution in [2.45, 2.75) is 25.7 Å². The maximum atomic E-state index is 4.48. The quantitative estimate of drug-likeness (QED) is 0.717. The lowest BCUT2D eigenvalue weighted by Gasteiger charge is -2.48. The molecule has 0 saturated heterocycles. The molecule has 0 aliphatic heterocycles. The summed E-state index contributed by atoms with van der Waals surface area (Å²) in [4.78, 5) is 4.48. The third-order valence-corrected chi connectivity index (χ3v) is 5.18. The Morgan fingerprint density at radius 2 is 1.72 bits per heavy atom. The summed E-state index contributed by atoms with van der Waals surface area (Å²) in [6.07, 6.45) is 15.0. The summed E-state index contributed by atoms with van der Waals surface area (Å²) in [5, 5.41) is 0. The van der Waals surface area contributed by atoms with Crippen molar-refractivity contribution in [3.8, 4) is 0 Å². The van der Waals surface area contributed by atoms with Crippen LogP contribution < -0.4 is 0 Å². The zero-order chi connectivity index (χ0) is 11.9. The molecule has 0 spiro atoms. The van der Waals surface area contributed by atoms with Crippen LogP contribution in [-0.4, -0.2) is 4.98 Å². The number of aromatic nitrogens is 1. The zero-order valence-electron chi connectivity index (χ0n) is 10.6. The minimum Gasteiger partial charge on any atom is -0.256 e. The molecule has 18 heavy (non-hydrogen) atoms. The van der Waals surface area contributed by atoms with E-state index >= 15 is 0 Å². The number of nitrogens with zero attached hydrogens (tertiary/aromatic N) is 1. The molecule has 1 heterocycles. The van der Waals surface area contributed by atoms with E-state index in [1.165, 1.54) is 31.3 Å². The summed E-state index contributed by atoms with van der Waals surface area (Å²) in [5.41, 5.74) is 2.47. The maximum absolute atomic E-state index is 4.48. The van der Waals surface area contributed by atoms with Gasteiger partial charge in [0.25, 0.3) is 0 Å². The first kappa shape index (κ1) is 10.5. The van der Waals surface area contributed by atoms with Crippen molar-refractivity contribution in [3.63, 3.8) is 0 Å². The fourth-order valence-corrected chi connectivity index (χ4v) is 4.26. The highest BCUT2D eigenvalue weighted by atomic mass is 14.7. The molecule has 1 aromatic heterocycles. The van der Waals surface area contributed by atoms with Crippen molar-refractivity contribution in [2.24, 2.45) is 23.7 Å². The standard InChI is InChI=1S/C17H19N/c1-2-10-18-17(3-1)14-8-9-15-12-4-6-13(7-5-12)16(15)11-14/h1-3,8-13,15-16H,4-7H2. The molecule has 0 radical (unpaired) electrons. The topological polar surface area (TPSA) is 12.9 Å². The van der Waals surface area contributed by atoms with Crippen LogP contribution in [0.5, 0.6) is 0 Å². The van der Waals surface area contributed by atoms with Crippen LogP contribution in [0.4, 0.5) is 0 Å². The predicted molar refractivity (Wildman–Crippen MR) is 73.8 cm³/mol. The average molecular weight is 237 g/mol. The average Bonchev–Trinajstić information content (AvgIpc) is 2.49. The van der Waals surface area contributed by atoms with Gasteiger partial charge in [-0.2, -0.15) is 0 Å². The summed E-state index contributed by atoms with van der Waals surface area (Å²) >= 11 is 0. The molecule has 5 rings (SSSR count). The molecule has 0 N–H and O–H groups in total. The normalized spacial score (nSPS) is 37.2. The van der Waals surface area contributed by atoms with Gasteiger partial charge >= 0.3 is 0 Å². The summed E-state index contributed by atoms with van der Waals surface area (Å²) in [6, 6.07) is 6.19. The van der Waals surface area contributed by atoms with E-state index in [-0.39, 0.29) is 0 Å². The summed E-state index contributed by atoms with van der Waals surface area (Å²) in [6.45, 7) is 0. The van der Waals surface area contributed by atoms with Crippen molar-refractivity contribution >= 4 is 5.57 Å². The maximum Gasteiger partial charge on any atom is 0.0698 e. The fraction of sp³-hybridized carbons (Fsp3) is 0.471. The Bertz CT molecular complexity index is 492. The van der Waals surface area contributed by atoms with Crippen molar-refractivity contribution in [1.29, 1.82) is 0 Å². The minimum absolute atomic E-state index is 0.791. The first-order valence-corrected chi connectivity index (χ1v) is 7.23. The fourth-order valence-electron chi connectivity index (χ4n) is 4.26. The van der Waals surface area contributed by atoms with Gasteiger partial charge in [-0.3, -0.25) is 4.98 Å². The molecule has 2 bridgehead atoms. The van der Waals surface area contributed by atoms with E-state index in [2.05, 4.69) is 35.3 Å². The van der Waals surface area contributed by atoms with Gasteiger partial charge in [-0.15, -0.1) is 0 Å². The Hall–Kier alpha value is -1.37. The molecule has 4 aliphatic rings. The van der Waals surface area contributed by atoms with E-state index in [0.29, 0.717) is 0 Å². The monoisotopic (exact) mass is 237 g/mol. The molecule has 1 aromatic rings. The van der Waals surface area contributed by atoms with Gasteiger partial charge in [-0.25, -0.2) is 0 Å². The second-order valence-corrected chi connectivity index (χ2v) is 6.03. The summed E-state index contributed by atoms with van der Waals surface area (Å²) in [5.74, 6) is 3.51. The van der Waals surface area contributed by atoms with E-state index in [0.717, 1.165) is 29.4 Å². The van der Waals surface area contributed by atoms with Crippen molar-refractivity contribution in [3.05, 3.63) is 48.3 Å². The molecule has 1 nitrogen and oxygen atoms in total. The highest BCUT2D eigenvalue weighted by Crippen LogP contribution is 2.52. The van der Waals surface area contributed by atoms with Crippen LogP contribution >= 0.6 is 0 Å². The van der Waals surface area contributed by atoms with Gasteiger partial charge in [0.05, 0.1) is 5.69 Å². The second-order valence-electron chi connectivity index (χ2n) is 6.03. The van der Waals surface area contributed by atoms with E-state index in [1.54, 1.807) is 0 Å². The van der Waals surface area contributed by atoms with Crippen LogP contribution in [-0.2, 0) is 0 Å². The van der Waals surface area contributed by atoms with Crippen LogP contribution in [0.15, 0.2) is 42.6 Å². The van der Waals surface area contributed by atoms with Crippen molar-refractivity contribution in [1.82, 2.24) is 4.98 Å². The zero-order valence-corrected chi connectivity index (χ0v) is 10.6. The van der Waals surface area contributed by atoms with Gasteiger partial charge in [0.2, 0.25) is 0 Å². The molecule has 92 valence electrons. The van der Waals surface area contributed by atoms with Crippen LogP contribution in [0, 0.1) is 23.7 Å². The Labute approximate surface area is 109 Å². The molecular formula is C17H19N. The van der Waals surface area contributed by atoms with E-state index < -0.39 is 0 Å². The Balaban J connectivity index is 1.69. The van der Waals surface area contributed by atoms with E-state index in [1.807, 2.05) is 12.3 Å². The highest BCUT2D eigenvalue weighted by molar-refractivity contribution is 5.73. The smallest absolute Gasteiger partial charge is 0.0698 e. The number of hydrogen-bond acceptors (Lipinski definition) is 1. The van der Waals surface area contributed by atoms with Gasteiger partial charge in [0, 0.05) is 6.20 Å². The minimum atomic E-state index is 0.791. The van der Waals surface area contributed by atoms with Crippen molar-refractivity contribution < 1.29 is 0 Å². The SMILES string of the molecule is C1=CC2C3CCC(CC3)C2C=C1c1ccccn1. The van der Waals surface area contributed by atoms with Crippen LogP contribution in [0.2, 0.25) is 0 Å². The third-order valence-electron chi connectivity index (χ3n) is 5.18. The van der Waals surface area contributed by atoms with Gasteiger partial charge in [0.15, 0.2) is 0 Å². The molecule has 3 saturated carbocycles. The molecule has 0 amide bonds. The Morgan fingerprint density at radius 3 is 2.44 bits per heavy atom. The van der Waals surface area contributed by atoms with Gasteiger partial charge in [-0.1, -0.05) is 24.3 Å². The van der Waals surface area contributed by atoms with Gasteiger partial charge < -0.3 is 0 Å². The van der Waals surface area contributed by atoms with Crippen molar-refractivity contribution in [2.75, 3.05) is 0 Å². The number of hydrogen-bond donors (Lipinski definition) is 0. The molecule has 0 aromatic carbocycles. The number of allylic oxidation sites excluding steroid dienone is 4. The second kappa shape index (κ2) is 4.08. The molecule has 4 aliphatic carbocycles. The van der Waals surface area contributed by atoms with Crippen LogP contribution in [0.25, 0.3) is 5.57 Å². The molecule has 3 fully saturated rings. The third kappa shape index (κ3) is 1.57.